The van der Waals surface area contributed by atoms with Gasteiger partial charge in [0.2, 0.25) is 0 Å². The largest absolute Gasteiger partial charge is 0.459 e. The van der Waals surface area contributed by atoms with Crippen LogP contribution in [0.2, 0.25) is 0 Å². The van der Waals surface area contributed by atoms with Crippen LogP contribution in [-0.4, -0.2) is 36.2 Å². The number of hydrogen-bond donors (Lipinski definition) is 0. The summed E-state index contributed by atoms with van der Waals surface area (Å²) in [6.45, 7) is 4.67. The Hall–Kier alpha value is -1.85. The van der Waals surface area contributed by atoms with Crippen molar-refractivity contribution in [2.45, 2.75) is 77.4 Å². The summed E-state index contributed by atoms with van der Waals surface area (Å²) in [6, 6.07) is 0. The number of esters is 3. The maximum Gasteiger partial charge on any atom is 0.344 e. The fraction of sp³-hybridized carbons (Fsp3) is 0.722. The second-order valence-corrected chi connectivity index (χ2v) is 6.93. The minimum Gasteiger partial charge on any atom is -0.459 e. The molecule has 1 saturated carbocycles. The van der Waals surface area contributed by atoms with Gasteiger partial charge in [0.15, 0.2) is 6.61 Å². The van der Waals surface area contributed by atoms with E-state index < -0.39 is 30.1 Å². The highest BCUT2D eigenvalue weighted by atomic mass is 16.6. The molecule has 0 aliphatic heterocycles. The van der Waals surface area contributed by atoms with Crippen molar-refractivity contribution in [3.8, 4) is 0 Å². The Morgan fingerprint density at radius 1 is 0.917 bits per heavy atom. The second-order valence-electron chi connectivity index (χ2n) is 6.93. The van der Waals surface area contributed by atoms with Crippen LogP contribution in [0.5, 0.6) is 0 Å². The quantitative estimate of drug-likeness (QED) is 0.435. The van der Waals surface area contributed by atoms with Crippen LogP contribution in [-0.2, 0) is 28.6 Å². The van der Waals surface area contributed by atoms with E-state index in [9.17, 15) is 14.4 Å². The molecule has 0 unspecified atom stereocenters. The molecule has 0 aromatic carbocycles. The van der Waals surface area contributed by atoms with E-state index in [0.29, 0.717) is 0 Å². The number of rotatable bonds is 5. The van der Waals surface area contributed by atoms with Crippen LogP contribution < -0.4 is 0 Å². The van der Waals surface area contributed by atoms with Crippen LogP contribution in [0.3, 0.4) is 0 Å². The van der Waals surface area contributed by atoms with Gasteiger partial charge in [-0.05, 0) is 46.5 Å². The van der Waals surface area contributed by atoms with Crippen molar-refractivity contribution in [1.82, 2.24) is 0 Å². The molecule has 1 aliphatic rings. The molecule has 6 heteroatoms. The molecular weight excluding hydrogens is 312 g/mol. The molecule has 0 heterocycles. The molecule has 0 atom stereocenters. The van der Waals surface area contributed by atoms with Crippen molar-refractivity contribution in [3.05, 3.63) is 12.2 Å². The summed E-state index contributed by atoms with van der Waals surface area (Å²) in [5.74, 6) is -1.98. The Bertz CT molecular complexity index is 453. The highest BCUT2D eigenvalue weighted by Gasteiger charge is 2.17. The van der Waals surface area contributed by atoms with Crippen molar-refractivity contribution < 1.29 is 28.6 Å². The lowest BCUT2D eigenvalue weighted by molar-refractivity contribution is -0.164. The first-order chi connectivity index (χ1) is 11.3. The van der Waals surface area contributed by atoms with Crippen molar-refractivity contribution in [2.24, 2.45) is 0 Å². The lowest BCUT2D eigenvalue weighted by Crippen LogP contribution is -2.27. The first kappa shape index (κ1) is 20.2. The smallest absolute Gasteiger partial charge is 0.344 e. The molecule has 0 saturated heterocycles. The van der Waals surface area contributed by atoms with Gasteiger partial charge in [-0.2, -0.15) is 0 Å². The van der Waals surface area contributed by atoms with E-state index in [1.165, 1.54) is 19.3 Å². The zero-order chi connectivity index (χ0) is 18.0. The van der Waals surface area contributed by atoms with Gasteiger partial charge in [0.1, 0.15) is 11.7 Å². The van der Waals surface area contributed by atoms with Crippen LogP contribution in [0, 0.1) is 0 Å². The van der Waals surface area contributed by atoms with Gasteiger partial charge < -0.3 is 14.2 Å². The lowest BCUT2D eigenvalue weighted by atomic mass is 9.99. The van der Waals surface area contributed by atoms with Gasteiger partial charge in [0.25, 0.3) is 0 Å². The molecule has 0 bridgehead atoms. The molecule has 1 aliphatic carbocycles. The van der Waals surface area contributed by atoms with E-state index in [4.69, 9.17) is 14.2 Å². The first-order valence-corrected chi connectivity index (χ1v) is 8.53. The predicted octanol–water partition coefficient (Wildman–Crippen LogP) is 3.08. The predicted molar refractivity (Wildman–Crippen MR) is 88.1 cm³/mol. The van der Waals surface area contributed by atoms with Crippen LogP contribution >= 0.6 is 0 Å². The van der Waals surface area contributed by atoms with Gasteiger partial charge in [0.05, 0.1) is 0 Å². The van der Waals surface area contributed by atoms with E-state index in [2.05, 4.69) is 0 Å². The monoisotopic (exact) mass is 340 g/mol. The highest BCUT2D eigenvalue weighted by Crippen LogP contribution is 2.19. The van der Waals surface area contributed by atoms with E-state index in [-0.39, 0.29) is 6.10 Å². The molecule has 1 rings (SSSR count). The van der Waals surface area contributed by atoms with Crippen molar-refractivity contribution in [1.29, 1.82) is 0 Å². The van der Waals surface area contributed by atoms with Gasteiger partial charge in [-0.15, -0.1) is 0 Å². The lowest BCUT2D eigenvalue weighted by Gasteiger charge is -2.19. The van der Waals surface area contributed by atoms with Gasteiger partial charge in [-0.25, -0.2) is 14.4 Å². The molecule has 6 nitrogen and oxygen atoms in total. The van der Waals surface area contributed by atoms with E-state index >= 15 is 0 Å². The summed E-state index contributed by atoms with van der Waals surface area (Å²) in [5.41, 5.74) is -0.638. The van der Waals surface area contributed by atoms with Crippen LogP contribution in [0.15, 0.2) is 12.2 Å². The zero-order valence-corrected chi connectivity index (χ0v) is 14.8. The van der Waals surface area contributed by atoms with Crippen molar-refractivity contribution in [3.63, 3.8) is 0 Å². The summed E-state index contributed by atoms with van der Waals surface area (Å²) < 4.78 is 15.1. The molecule has 0 radical (unpaired) electrons. The Labute approximate surface area is 143 Å². The molecule has 0 N–H and O–H groups in total. The van der Waals surface area contributed by atoms with Crippen LogP contribution in [0.25, 0.3) is 0 Å². The minimum atomic E-state index is -0.782. The van der Waals surface area contributed by atoms with Crippen LogP contribution in [0.1, 0.15) is 65.7 Å². The SMILES string of the molecule is CC(C)(C)OC(=O)COC(=O)/C=C/C(=O)OC1CCCCCCC1. The summed E-state index contributed by atoms with van der Waals surface area (Å²) in [6.07, 6.45) is 9.34. The third-order valence-corrected chi connectivity index (χ3v) is 3.44. The van der Waals surface area contributed by atoms with Gasteiger partial charge in [0, 0.05) is 12.2 Å². The third kappa shape index (κ3) is 10.0. The van der Waals surface area contributed by atoms with Gasteiger partial charge in [-0.1, -0.05) is 19.3 Å². The van der Waals surface area contributed by atoms with Crippen molar-refractivity contribution in [2.75, 3.05) is 6.61 Å². The fourth-order valence-corrected chi connectivity index (χ4v) is 2.43. The normalized spacial score (nSPS) is 17.0. The Morgan fingerprint density at radius 2 is 1.46 bits per heavy atom. The summed E-state index contributed by atoms with van der Waals surface area (Å²) in [5, 5.41) is 0. The number of carbonyl (C=O) groups excluding carboxylic acids is 3. The number of carbonyl (C=O) groups is 3. The Morgan fingerprint density at radius 3 is 2.04 bits per heavy atom. The second kappa shape index (κ2) is 10.1. The fourth-order valence-electron chi connectivity index (χ4n) is 2.43. The first-order valence-electron chi connectivity index (χ1n) is 8.53. The standard InChI is InChI=1S/C18H28O6/c1-18(2,3)24-17(21)13-22-15(19)11-12-16(20)23-14-9-7-5-4-6-8-10-14/h11-12,14H,4-10,13H2,1-3H3/b12-11+. The summed E-state index contributed by atoms with van der Waals surface area (Å²) in [7, 11) is 0. The Kier molecular flexibility index (Phi) is 8.50. The molecular formula is C18H28O6. The minimum absolute atomic E-state index is 0.0831. The zero-order valence-electron chi connectivity index (χ0n) is 14.8. The maximum atomic E-state index is 11.7. The van der Waals surface area contributed by atoms with Gasteiger partial charge >= 0.3 is 17.9 Å². The topological polar surface area (TPSA) is 78.9 Å². The molecule has 136 valence electrons. The van der Waals surface area contributed by atoms with Crippen LogP contribution in [0.4, 0.5) is 0 Å². The highest BCUT2D eigenvalue weighted by molar-refractivity contribution is 5.92. The summed E-state index contributed by atoms with van der Waals surface area (Å²) >= 11 is 0. The van der Waals surface area contributed by atoms with Crippen molar-refractivity contribution >= 4 is 17.9 Å². The molecule has 0 aromatic rings. The molecule has 1 fully saturated rings. The number of ether oxygens (including phenoxy) is 3. The maximum absolute atomic E-state index is 11.7. The molecule has 0 aromatic heterocycles. The third-order valence-electron chi connectivity index (χ3n) is 3.44. The Balaban J connectivity index is 2.29. The molecule has 0 spiro atoms. The summed E-state index contributed by atoms with van der Waals surface area (Å²) in [4.78, 5) is 34.6. The van der Waals surface area contributed by atoms with E-state index in [1.807, 2.05) is 0 Å². The number of hydrogen-bond acceptors (Lipinski definition) is 6. The molecule has 24 heavy (non-hydrogen) atoms. The average molecular weight is 340 g/mol. The van der Waals surface area contributed by atoms with E-state index in [1.54, 1.807) is 20.8 Å². The van der Waals surface area contributed by atoms with E-state index in [0.717, 1.165) is 37.8 Å². The molecule has 0 amide bonds. The average Bonchev–Trinajstić information content (AvgIpc) is 2.44. The van der Waals surface area contributed by atoms with Gasteiger partial charge in [-0.3, -0.25) is 0 Å².